The molecule has 1 aromatic carbocycles. The maximum absolute atomic E-state index is 12.8. The molecule has 2 N–H and O–H groups in total. The first-order valence-electron chi connectivity index (χ1n) is 6.47. The van der Waals surface area contributed by atoms with Crippen LogP contribution in [0.15, 0.2) is 42.5 Å². The Morgan fingerprint density at radius 1 is 1.00 bits per heavy atom. The van der Waals surface area contributed by atoms with Gasteiger partial charge in [0, 0.05) is 13.1 Å². The normalized spacial score (nSPS) is 10.2. The number of aromatic nitrogens is 1. The Labute approximate surface area is 112 Å². The smallest absolute Gasteiger partial charge is 0.128 e. The second kappa shape index (κ2) is 6.73. The topological polar surface area (TPSA) is 37.0 Å². The van der Waals surface area contributed by atoms with Crippen molar-refractivity contribution in [2.24, 2.45) is 0 Å². The van der Waals surface area contributed by atoms with Crippen LogP contribution in [0.25, 0.3) is 0 Å². The molecular formula is C15H18FN3. The van der Waals surface area contributed by atoms with Gasteiger partial charge in [-0.25, -0.2) is 9.37 Å². The lowest BCUT2D eigenvalue weighted by atomic mass is 10.2. The molecule has 1 aromatic heterocycles. The van der Waals surface area contributed by atoms with E-state index >= 15 is 0 Å². The van der Waals surface area contributed by atoms with Crippen LogP contribution in [0.4, 0.5) is 16.0 Å². The van der Waals surface area contributed by atoms with Crippen molar-refractivity contribution >= 4 is 11.6 Å². The molecule has 100 valence electrons. The fourth-order valence-corrected chi connectivity index (χ4v) is 1.68. The lowest BCUT2D eigenvalue weighted by molar-refractivity contribution is 0.627. The van der Waals surface area contributed by atoms with Gasteiger partial charge in [-0.05, 0) is 36.2 Å². The summed E-state index contributed by atoms with van der Waals surface area (Å²) >= 11 is 0. The molecule has 4 heteroatoms. The molecule has 0 bridgehead atoms. The van der Waals surface area contributed by atoms with Gasteiger partial charge in [-0.1, -0.05) is 25.1 Å². The van der Waals surface area contributed by atoms with E-state index in [1.165, 1.54) is 12.1 Å². The monoisotopic (exact) mass is 259 g/mol. The minimum absolute atomic E-state index is 0.215. The molecule has 2 rings (SSSR count). The minimum Gasteiger partial charge on any atom is -0.370 e. The maximum atomic E-state index is 12.8. The summed E-state index contributed by atoms with van der Waals surface area (Å²) in [5.74, 6) is 1.46. The average Bonchev–Trinajstić information content (AvgIpc) is 2.45. The second-order valence-electron chi connectivity index (χ2n) is 4.31. The Morgan fingerprint density at radius 3 is 2.37 bits per heavy atom. The first kappa shape index (κ1) is 13.3. The number of pyridine rings is 1. The van der Waals surface area contributed by atoms with Crippen LogP contribution in [0.5, 0.6) is 0 Å². The van der Waals surface area contributed by atoms with Crippen LogP contribution >= 0.6 is 0 Å². The zero-order valence-corrected chi connectivity index (χ0v) is 11.0. The SMILES string of the molecule is CCCNc1cccc(NCc2ccc(F)cc2)n1. The van der Waals surface area contributed by atoms with Crippen LogP contribution in [-0.4, -0.2) is 11.5 Å². The Balaban J connectivity index is 1.93. The van der Waals surface area contributed by atoms with Crippen molar-refractivity contribution in [1.82, 2.24) is 4.98 Å². The van der Waals surface area contributed by atoms with Gasteiger partial charge in [-0.3, -0.25) is 0 Å². The Hall–Kier alpha value is -2.10. The number of benzene rings is 1. The molecule has 0 radical (unpaired) electrons. The summed E-state index contributed by atoms with van der Waals surface area (Å²) in [6.07, 6.45) is 1.06. The van der Waals surface area contributed by atoms with E-state index in [1.54, 1.807) is 12.1 Å². The Morgan fingerprint density at radius 2 is 1.68 bits per heavy atom. The minimum atomic E-state index is -0.215. The molecule has 3 nitrogen and oxygen atoms in total. The van der Waals surface area contributed by atoms with Crippen molar-refractivity contribution < 1.29 is 4.39 Å². The fraction of sp³-hybridized carbons (Fsp3) is 0.267. The first-order chi connectivity index (χ1) is 9.28. The van der Waals surface area contributed by atoms with E-state index in [4.69, 9.17) is 0 Å². The zero-order chi connectivity index (χ0) is 13.5. The average molecular weight is 259 g/mol. The molecule has 0 aliphatic rings. The van der Waals surface area contributed by atoms with Gasteiger partial charge in [0.05, 0.1) is 0 Å². The molecule has 0 aliphatic carbocycles. The van der Waals surface area contributed by atoms with Gasteiger partial charge in [-0.15, -0.1) is 0 Å². The largest absolute Gasteiger partial charge is 0.370 e. The molecular weight excluding hydrogens is 241 g/mol. The van der Waals surface area contributed by atoms with Gasteiger partial charge >= 0.3 is 0 Å². The maximum Gasteiger partial charge on any atom is 0.128 e. The number of nitrogens with one attached hydrogen (secondary N) is 2. The number of hydrogen-bond donors (Lipinski definition) is 2. The molecule has 1 heterocycles. The summed E-state index contributed by atoms with van der Waals surface area (Å²) in [4.78, 5) is 4.45. The van der Waals surface area contributed by atoms with E-state index < -0.39 is 0 Å². The molecule has 0 saturated carbocycles. The number of rotatable bonds is 6. The molecule has 0 spiro atoms. The highest BCUT2D eigenvalue weighted by molar-refractivity contribution is 5.45. The van der Waals surface area contributed by atoms with E-state index in [2.05, 4.69) is 22.5 Å². The molecule has 0 atom stereocenters. The summed E-state index contributed by atoms with van der Waals surface area (Å²) in [7, 11) is 0. The Kier molecular flexibility index (Phi) is 4.72. The molecule has 0 aliphatic heterocycles. The van der Waals surface area contributed by atoms with Crippen LogP contribution in [-0.2, 0) is 6.54 Å². The molecule has 0 unspecified atom stereocenters. The predicted molar refractivity (Wildman–Crippen MR) is 76.7 cm³/mol. The van der Waals surface area contributed by atoms with Crippen LogP contribution in [0.1, 0.15) is 18.9 Å². The van der Waals surface area contributed by atoms with E-state index in [1.807, 2.05) is 18.2 Å². The fourth-order valence-electron chi connectivity index (χ4n) is 1.68. The highest BCUT2D eigenvalue weighted by atomic mass is 19.1. The van der Waals surface area contributed by atoms with Crippen LogP contribution in [0.3, 0.4) is 0 Å². The first-order valence-corrected chi connectivity index (χ1v) is 6.47. The lowest BCUT2D eigenvalue weighted by Gasteiger charge is -2.08. The number of anilines is 2. The third-order valence-corrected chi connectivity index (χ3v) is 2.69. The van der Waals surface area contributed by atoms with E-state index in [9.17, 15) is 4.39 Å². The molecule has 0 fully saturated rings. The summed E-state index contributed by atoms with van der Waals surface area (Å²) in [6, 6.07) is 12.3. The molecule has 2 aromatic rings. The standard InChI is InChI=1S/C15H18FN3/c1-2-10-17-14-4-3-5-15(19-14)18-11-12-6-8-13(16)9-7-12/h3-9H,2,10-11H2,1H3,(H2,17,18,19). The van der Waals surface area contributed by atoms with Gasteiger partial charge in [0.1, 0.15) is 17.5 Å². The van der Waals surface area contributed by atoms with E-state index in [0.29, 0.717) is 6.54 Å². The number of hydrogen-bond acceptors (Lipinski definition) is 3. The number of halogens is 1. The second-order valence-corrected chi connectivity index (χ2v) is 4.31. The zero-order valence-electron chi connectivity index (χ0n) is 11.0. The van der Waals surface area contributed by atoms with Crippen molar-refractivity contribution in [3.8, 4) is 0 Å². The highest BCUT2D eigenvalue weighted by Gasteiger charge is 1.98. The lowest BCUT2D eigenvalue weighted by Crippen LogP contribution is -2.05. The van der Waals surface area contributed by atoms with Crippen molar-refractivity contribution in [3.05, 3.63) is 53.8 Å². The van der Waals surface area contributed by atoms with Gasteiger partial charge < -0.3 is 10.6 Å². The van der Waals surface area contributed by atoms with Crippen molar-refractivity contribution in [2.45, 2.75) is 19.9 Å². The van der Waals surface area contributed by atoms with E-state index in [0.717, 1.165) is 30.2 Å². The van der Waals surface area contributed by atoms with Crippen molar-refractivity contribution in [2.75, 3.05) is 17.2 Å². The summed E-state index contributed by atoms with van der Waals surface area (Å²) < 4.78 is 12.8. The summed E-state index contributed by atoms with van der Waals surface area (Å²) in [5, 5.41) is 6.46. The van der Waals surface area contributed by atoms with Gasteiger partial charge in [0.2, 0.25) is 0 Å². The number of nitrogens with zero attached hydrogens (tertiary/aromatic N) is 1. The van der Waals surface area contributed by atoms with Crippen molar-refractivity contribution in [1.29, 1.82) is 0 Å². The predicted octanol–water partition coefficient (Wildman–Crippen LogP) is 3.65. The summed E-state index contributed by atoms with van der Waals surface area (Å²) in [6.45, 7) is 3.66. The highest BCUT2D eigenvalue weighted by Crippen LogP contribution is 2.11. The molecule has 0 saturated heterocycles. The van der Waals surface area contributed by atoms with Gasteiger partial charge in [0.25, 0.3) is 0 Å². The summed E-state index contributed by atoms with van der Waals surface area (Å²) in [5.41, 5.74) is 1.02. The van der Waals surface area contributed by atoms with Gasteiger partial charge in [0.15, 0.2) is 0 Å². The third-order valence-electron chi connectivity index (χ3n) is 2.69. The van der Waals surface area contributed by atoms with Crippen LogP contribution in [0, 0.1) is 5.82 Å². The van der Waals surface area contributed by atoms with Crippen LogP contribution in [0.2, 0.25) is 0 Å². The van der Waals surface area contributed by atoms with Crippen molar-refractivity contribution in [3.63, 3.8) is 0 Å². The van der Waals surface area contributed by atoms with E-state index in [-0.39, 0.29) is 5.82 Å². The molecule has 0 amide bonds. The quantitative estimate of drug-likeness (QED) is 0.831. The third kappa shape index (κ3) is 4.25. The van der Waals surface area contributed by atoms with Crippen LogP contribution < -0.4 is 10.6 Å². The van der Waals surface area contributed by atoms with Gasteiger partial charge in [-0.2, -0.15) is 0 Å². The molecule has 19 heavy (non-hydrogen) atoms. The Bertz CT molecular complexity index is 511.